The molecule has 0 aliphatic carbocycles. The molecule has 2 aromatic carbocycles. The number of carboxylic acids is 1. The maximum absolute atomic E-state index is 13.0. The minimum Gasteiger partial charge on any atom is -0.505 e. The van der Waals surface area contributed by atoms with Crippen molar-refractivity contribution in [3.8, 4) is 5.75 Å². The highest BCUT2D eigenvalue weighted by molar-refractivity contribution is 6.10. The molecule has 0 aliphatic heterocycles. The molecule has 0 fully saturated rings. The predicted molar refractivity (Wildman–Crippen MR) is 93.2 cm³/mol. The number of pyridine rings is 1. The van der Waals surface area contributed by atoms with Crippen molar-refractivity contribution < 1.29 is 29.0 Å². The smallest absolute Gasteiger partial charge is 0.322 e. The van der Waals surface area contributed by atoms with Gasteiger partial charge >= 0.3 is 5.97 Å². The number of fused-ring (bicyclic) bond motifs is 1. The van der Waals surface area contributed by atoms with Crippen molar-refractivity contribution in [2.24, 2.45) is 0 Å². The minimum absolute atomic E-state index is 0.303. The number of halogens is 1. The van der Waals surface area contributed by atoms with Crippen LogP contribution in [0.5, 0.6) is 5.75 Å². The maximum atomic E-state index is 13.0. The molecule has 0 atom stereocenters. The first kappa shape index (κ1) is 18.0. The number of amides is 1. The van der Waals surface area contributed by atoms with E-state index < -0.39 is 30.0 Å². The van der Waals surface area contributed by atoms with Crippen LogP contribution in [-0.2, 0) is 4.79 Å². The fraction of sp³-hybridized carbons (Fsp3) is 0.0526. The van der Waals surface area contributed by atoms with Gasteiger partial charge in [-0.3, -0.25) is 14.4 Å². The third-order valence-electron chi connectivity index (χ3n) is 3.78. The first-order valence-corrected chi connectivity index (χ1v) is 7.79. The molecule has 136 valence electrons. The average Bonchev–Trinajstić information content (AvgIpc) is 2.65. The number of aliphatic carboxylic acids is 1. The Morgan fingerprint density at radius 2 is 1.67 bits per heavy atom. The van der Waals surface area contributed by atoms with E-state index in [0.29, 0.717) is 22.0 Å². The number of benzene rings is 2. The van der Waals surface area contributed by atoms with Gasteiger partial charge in [0.2, 0.25) is 0 Å². The molecule has 1 aromatic heterocycles. The van der Waals surface area contributed by atoms with Crippen LogP contribution in [0.15, 0.2) is 48.5 Å². The van der Waals surface area contributed by atoms with Gasteiger partial charge in [-0.25, -0.2) is 9.37 Å². The number of nitrogens with one attached hydrogen (secondary N) is 1. The van der Waals surface area contributed by atoms with Gasteiger partial charge in [-0.1, -0.05) is 0 Å². The topological polar surface area (TPSA) is 117 Å². The second kappa shape index (κ2) is 7.20. The number of ketones is 1. The van der Waals surface area contributed by atoms with Gasteiger partial charge in [-0.2, -0.15) is 0 Å². The summed E-state index contributed by atoms with van der Waals surface area (Å²) in [5, 5.41) is 21.1. The number of nitrogens with zero attached hydrogens (tertiary/aromatic N) is 1. The van der Waals surface area contributed by atoms with Gasteiger partial charge in [-0.05, 0) is 48.5 Å². The summed E-state index contributed by atoms with van der Waals surface area (Å²) in [4.78, 5) is 38.9. The van der Waals surface area contributed by atoms with Crippen molar-refractivity contribution in [3.05, 3.63) is 71.2 Å². The summed E-state index contributed by atoms with van der Waals surface area (Å²) in [7, 11) is 0. The van der Waals surface area contributed by atoms with Crippen molar-refractivity contribution in [2.45, 2.75) is 0 Å². The number of aromatic hydroxyl groups is 1. The second-order valence-corrected chi connectivity index (χ2v) is 5.68. The van der Waals surface area contributed by atoms with E-state index in [1.54, 1.807) is 0 Å². The zero-order valence-electron chi connectivity index (χ0n) is 13.8. The molecule has 0 unspecified atom stereocenters. The fourth-order valence-corrected chi connectivity index (χ4v) is 2.48. The van der Waals surface area contributed by atoms with Crippen LogP contribution in [0.2, 0.25) is 0 Å². The van der Waals surface area contributed by atoms with Crippen molar-refractivity contribution in [1.29, 1.82) is 0 Å². The second-order valence-electron chi connectivity index (χ2n) is 5.68. The van der Waals surface area contributed by atoms with E-state index in [0.717, 1.165) is 0 Å². The Morgan fingerprint density at radius 1 is 1.00 bits per heavy atom. The zero-order valence-corrected chi connectivity index (χ0v) is 13.8. The molecule has 0 saturated heterocycles. The summed E-state index contributed by atoms with van der Waals surface area (Å²) in [6, 6.07) is 10.9. The van der Waals surface area contributed by atoms with E-state index in [9.17, 15) is 23.9 Å². The number of hydrogen-bond acceptors (Lipinski definition) is 5. The molecule has 3 N–H and O–H groups in total. The molecule has 3 rings (SSSR count). The average molecular weight is 368 g/mol. The third-order valence-corrected chi connectivity index (χ3v) is 3.78. The molecule has 0 saturated carbocycles. The van der Waals surface area contributed by atoms with E-state index in [1.807, 2.05) is 0 Å². The zero-order chi connectivity index (χ0) is 19.6. The largest absolute Gasteiger partial charge is 0.505 e. The van der Waals surface area contributed by atoms with Crippen molar-refractivity contribution >= 4 is 28.6 Å². The highest BCUT2D eigenvalue weighted by Gasteiger charge is 2.16. The standard InChI is InChI=1S/C19H13FN2O5/c20-13-4-1-10(2-5-13)18(26)11-3-6-14-12(7-11)8-15(23)17(22-14)19(27)21-9-16(24)25/h1-8,23H,9H2,(H,21,27)(H,24,25). The maximum Gasteiger partial charge on any atom is 0.322 e. The number of aromatic nitrogens is 1. The lowest BCUT2D eigenvalue weighted by molar-refractivity contribution is -0.135. The summed E-state index contributed by atoms with van der Waals surface area (Å²) in [6.45, 7) is -0.608. The lowest BCUT2D eigenvalue weighted by Crippen LogP contribution is -2.29. The molecule has 3 aromatic rings. The molecule has 1 heterocycles. The van der Waals surface area contributed by atoms with Gasteiger partial charge in [0.25, 0.3) is 5.91 Å². The number of carbonyl (C=O) groups is 3. The quantitative estimate of drug-likeness (QED) is 0.594. The molecule has 8 heteroatoms. The number of rotatable bonds is 5. The minimum atomic E-state index is -1.23. The number of carboxylic acid groups (broad SMARTS) is 1. The van der Waals surface area contributed by atoms with Crippen LogP contribution in [0, 0.1) is 5.82 Å². The Kier molecular flexibility index (Phi) is 4.80. The first-order valence-electron chi connectivity index (χ1n) is 7.79. The molecule has 0 aliphatic rings. The van der Waals surface area contributed by atoms with E-state index in [-0.39, 0.29) is 11.5 Å². The van der Waals surface area contributed by atoms with Crippen LogP contribution in [0.25, 0.3) is 10.9 Å². The van der Waals surface area contributed by atoms with Crippen LogP contribution >= 0.6 is 0 Å². The summed E-state index contributed by atoms with van der Waals surface area (Å²) in [5.41, 5.74) is 0.626. The van der Waals surface area contributed by atoms with E-state index >= 15 is 0 Å². The van der Waals surface area contributed by atoms with Gasteiger partial charge < -0.3 is 15.5 Å². The molecular formula is C19H13FN2O5. The highest BCUT2D eigenvalue weighted by Crippen LogP contribution is 2.24. The Bertz CT molecular complexity index is 1060. The lowest BCUT2D eigenvalue weighted by atomic mass is 10.0. The molecule has 0 radical (unpaired) electrons. The van der Waals surface area contributed by atoms with Gasteiger partial charge in [0.1, 0.15) is 18.1 Å². The van der Waals surface area contributed by atoms with Crippen LogP contribution in [0.1, 0.15) is 26.4 Å². The van der Waals surface area contributed by atoms with Crippen molar-refractivity contribution in [3.63, 3.8) is 0 Å². The Labute approximate surface area is 152 Å². The summed E-state index contributed by atoms with van der Waals surface area (Å²) in [6.07, 6.45) is 0. The highest BCUT2D eigenvalue weighted by atomic mass is 19.1. The van der Waals surface area contributed by atoms with Crippen LogP contribution in [-0.4, -0.2) is 39.4 Å². The summed E-state index contributed by atoms with van der Waals surface area (Å²) in [5.74, 6) is -3.29. The number of hydrogen-bond donors (Lipinski definition) is 3. The molecule has 27 heavy (non-hydrogen) atoms. The Balaban J connectivity index is 1.93. The van der Waals surface area contributed by atoms with Gasteiger partial charge in [0.05, 0.1) is 5.52 Å². The molecule has 7 nitrogen and oxygen atoms in total. The molecule has 0 spiro atoms. The molecule has 1 amide bonds. The van der Waals surface area contributed by atoms with Crippen LogP contribution in [0.3, 0.4) is 0 Å². The Morgan fingerprint density at radius 3 is 2.33 bits per heavy atom. The van der Waals surface area contributed by atoms with Crippen molar-refractivity contribution in [2.75, 3.05) is 6.54 Å². The fourth-order valence-electron chi connectivity index (χ4n) is 2.48. The van der Waals surface area contributed by atoms with E-state index in [1.165, 1.54) is 48.5 Å². The first-order chi connectivity index (χ1) is 12.8. The lowest BCUT2D eigenvalue weighted by Gasteiger charge is -2.08. The Hall–Kier alpha value is -3.81. The number of carbonyl (C=O) groups excluding carboxylic acids is 2. The summed E-state index contributed by atoms with van der Waals surface area (Å²) >= 11 is 0. The SMILES string of the molecule is O=C(O)CNC(=O)c1nc2ccc(C(=O)c3ccc(F)cc3)cc2cc1O. The van der Waals surface area contributed by atoms with Crippen LogP contribution in [0.4, 0.5) is 4.39 Å². The van der Waals surface area contributed by atoms with E-state index in [2.05, 4.69) is 10.3 Å². The monoisotopic (exact) mass is 368 g/mol. The van der Waals surface area contributed by atoms with Gasteiger partial charge in [0.15, 0.2) is 11.5 Å². The van der Waals surface area contributed by atoms with Gasteiger partial charge in [-0.15, -0.1) is 0 Å². The molecule has 0 bridgehead atoms. The predicted octanol–water partition coefficient (Wildman–Crippen LogP) is 2.12. The van der Waals surface area contributed by atoms with Crippen molar-refractivity contribution in [1.82, 2.24) is 10.3 Å². The normalized spacial score (nSPS) is 10.6. The van der Waals surface area contributed by atoms with E-state index in [4.69, 9.17) is 5.11 Å². The third kappa shape index (κ3) is 3.90. The summed E-state index contributed by atoms with van der Waals surface area (Å²) < 4.78 is 13.0. The molecular weight excluding hydrogens is 355 g/mol. The van der Waals surface area contributed by atoms with Gasteiger partial charge in [0, 0.05) is 16.5 Å². The van der Waals surface area contributed by atoms with Crippen LogP contribution < -0.4 is 5.32 Å².